The minimum atomic E-state index is -4.52. The molecule has 2 rings (SSSR count). The molecule has 0 fully saturated rings. The van der Waals surface area contributed by atoms with Crippen molar-refractivity contribution < 1.29 is 22.8 Å². The van der Waals surface area contributed by atoms with Crippen LogP contribution in [0.3, 0.4) is 0 Å². The molecule has 1 aromatic heterocycles. The van der Waals surface area contributed by atoms with Crippen molar-refractivity contribution >= 4 is 11.7 Å². The number of carbonyl (C=O) groups excluding carboxylic acids is 1. The van der Waals surface area contributed by atoms with Crippen LogP contribution < -0.4 is 5.06 Å². The zero-order valence-electron chi connectivity index (χ0n) is 11.0. The SMILES string of the molecule is CON(C(=O)c1ccccc1)c1cc(C(F)(F)F)ccn1. The highest BCUT2D eigenvalue weighted by Gasteiger charge is 2.32. The lowest BCUT2D eigenvalue weighted by molar-refractivity contribution is -0.137. The van der Waals surface area contributed by atoms with Gasteiger partial charge in [0.2, 0.25) is 0 Å². The maximum Gasteiger partial charge on any atom is 0.416 e. The van der Waals surface area contributed by atoms with Crippen LogP contribution in [0.25, 0.3) is 0 Å². The molecule has 0 N–H and O–H groups in total. The molecule has 1 aromatic carbocycles. The first kappa shape index (κ1) is 15.0. The van der Waals surface area contributed by atoms with E-state index in [1.807, 2.05) is 0 Å². The van der Waals surface area contributed by atoms with E-state index in [9.17, 15) is 18.0 Å². The van der Waals surface area contributed by atoms with Crippen molar-refractivity contribution in [1.82, 2.24) is 4.98 Å². The van der Waals surface area contributed by atoms with Crippen molar-refractivity contribution in [2.75, 3.05) is 12.2 Å². The highest BCUT2D eigenvalue weighted by atomic mass is 19.4. The Labute approximate surface area is 118 Å². The summed E-state index contributed by atoms with van der Waals surface area (Å²) in [5.74, 6) is -0.842. The molecule has 7 heteroatoms. The molecule has 21 heavy (non-hydrogen) atoms. The lowest BCUT2D eigenvalue weighted by atomic mass is 10.2. The van der Waals surface area contributed by atoms with E-state index in [1.165, 1.54) is 19.2 Å². The monoisotopic (exact) mass is 296 g/mol. The quantitative estimate of drug-likeness (QED) is 0.816. The highest BCUT2D eigenvalue weighted by molar-refractivity contribution is 6.04. The number of amides is 1. The summed E-state index contributed by atoms with van der Waals surface area (Å²) in [6.07, 6.45) is -3.55. The van der Waals surface area contributed by atoms with Gasteiger partial charge in [-0.2, -0.15) is 18.2 Å². The average molecular weight is 296 g/mol. The van der Waals surface area contributed by atoms with Crippen LogP contribution in [-0.2, 0) is 11.0 Å². The van der Waals surface area contributed by atoms with Crippen LogP contribution in [0.4, 0.5) is 19.0 Å². The number of hydroxylamine groups is 1. The van der Waals surface area contributed by atoms with E-state index in [4.69, 9.17) is 4.84 Å². The third kappa shape index (κ3) is 3.38. The Hall–Kier alpha value is -2.41. The maximum atomic E-state index is 12.7. The van der Waals surface area contributed by atoms with Crippen molar-refractivity contribution in [2.24, 2.45) is 0 Å². The molecule has 0 aliphatic carbocycles. The van der Waals surface area contributed by atoms with Crippen molar-refractivity contribution in [3.8, 4) is 0 Å². The lowest BCUT2D eigenvalue weighted by Gasteiger charge is -2.19. The number of aromatic nitrogens is 1. The van der Waals surface area contributed by atoms with E-state index >= 15 is 0 Å². The topological polar surface area (TPSA) is 42.4 Å². The summed E-state index contributed by atoms with van der Waals surface area (Å²) in [4.78, 5) is 20.8. The van der Waals surface area contributed by atoms with E-state index in [-0.39, 0.29) is 11.4 Å². The van der Waals surface area contributed by atoms with Crippen molar-refractivity contribution in [3.05, 3.63) is 59.8 Å². The molecule has 110 valence electrons. The Morgan fingerprint density at radius 1 is 1.19 bits per heavy atom. The standard InChI is InChI=1S/C14H11F3N2O2/c1-21-19(13(20)10-5-3-2-4-6-10)12-9-11(7-8-18-12)14(15,16)17/h2-9H,1H3. The Morgan fingerprint density at radius 2 is 1.86 bits per heavy atom. The number of alkyl halides is 3. The molecule has 2 aromatic rings. The van der Waals surface area contributed by atoms with Gasteiger partial charge in [0, 0.05) is 11.8 Å². The number of rotatable bonds is 3. The highest BCUT2D eigenvalue weighted by Crippen LogP contribution is 2.31. The number of hydrogen-bond acceptors (Lipinski definition) is 3. The Morgan fingerprint density at radius 3 is 2.43 bits per heavy atom. The van der Waals surface area contributed by atoms with E-state index < -0.39 is 17.6 Å². The van der Waals surface area contributed by atoms with Gasteiger partial charge in [0.1, 0.15) is 0 Å². The second-order valence-electron chi connectivity index (χ2n) is 4.05. The Balaban J connectivity index is 2.36. The van der Waals surface area contributed by atoms with Gasteiger partial charge in [-0.05, 0) is 24.3 Å². The molecule has 0 saturated heterocycles. The summed E-state index contributed by atoms with van der Waals surface area (Å²) in [6.45, 7) is 0. The molecule has 1 heterocycles. The largest absolute Gasteiger partial charge is 0.416 e. The molecule has 1 amide bonds. The van der Waals surface area contributed by atoms with Crippen molar-refractivity contribution in [1.29, 1.82) is 0 Å². The molecular weight excluding hydrogens is 285 g/mol. The van der Waals surface area contributed by atoms with Crippen LogP contribution in [0.5, 0.6) is 0 Å². The number of carbonyl (C=O) groups is 1. The Bertz CT molecular complexity index is 630. The van der Waals surface area contributed by atoms with Crippen molar-refractivity contribution in [2.45, 2.75) is 6.18 Å². The third-order valence-corrected chi connectivity index (χ3v) is 2.67. The van der Waals surface area contributed by atoms with Crippen LogP contribution in [0.1, 0.15) is 15.9 Å². The predicted molar refractivity (Wildman–Crippen MR) is 69.5 cm³/mol. The van der Waals surface area contributed by atoms with E-state index in [0.29, 0.717) is 5.06 Å². The second-order valence-corrected chi connectivity index (χ2v) is 4.05. The molecule has 0 radical (unpaired) electrons. The van der Waals surface area contributed by atoms with E-state index in [1.54, 1.807) is 18.2 Å². The zero-order valence-corrected chi connectivity index (χ0v) is 11.0. The Kier molecular flexibility index (Phi) is 4.23. The first-order valence-corrected chi connectivity index (χ1v) is 5.90. The smallest absolute Gasteiger partial charge is 0.268 e. The summed E-state index contributed by atoms with van der Waals surface area (Å²) in [5, 5.41) is 0.713. The van der Waals surface area contributed by atoms with Crippen LogP contribution in [0.2, 0.25) is 0 Å². The van der Waals surface area contributed by atoms with E-state index in [0.717, 1.165) is 18.3 Å². The number of nitrogens with zero attached hydrogens (tertiary/aromatic N) is 2. The van der Waals surface area contributed by atoms with Gasteiger partial charge < -0.3 is 0 Å². The third-order valence-electron chi connectivity index (χ3n) is 2.67. The number of pyridine rings is 1. The van der Waals surface area contributed by atoms with Crippen LogP contribution in [0, 0.1) is 0 Å². The second kappa shape index (κ2) is 5.92. The van der Waals surface area contributed by atoms with Gasteiger partial charge in [-0.25, -0.2) is 4.98 Å². The lowest BCUT2D eigenvalue weighted by Crippen LogP contribution is -2.30. The van der Waals surface area contributed by atoms with Crippen LogP contribution in [0.15, 0.2) is 48.7 Å². The van der Waals surface area contributed by atoms with Gasteiger partial charge in [-0.15, -0.1) is 0 Å². The van der Waals surface area contributed by atoms with E-state index in [2.05, 4.69) is 4.98 Å². The first-order valence-electron chi connectivity index (χ1n) is 5.90. The van der Waals surface area contributed by atoms with Crippen LogP contribution >= 0.6 is 0 Å². The molecule has 0 spiro atoms. The average Bonchev–Trinajstić information content (AvgIpc) is 2.48. The van der Waals surface area contributed by atoms with Gasteiger partial charge in [-0.3, -0.25) is 9.63 Å². The molecule has 0 unspecified atom stereocenters. The number of halogens is 3. The fraction of sp³-hybridized carbons (Fsp3) is 0.143. The van der Waals surface area contributed by atoms with Gasteiger partial charge in [0.05, 0.1) is 12.7 Å². The fourth-order valence-corrected chi connectivity index (χ4v) is 1.68. The molecule has 0 bridgehead atoms. The van der Waals surface area contributed by atoms with Gasteiger partial charge >= 0.3 is 6.18 Å². The summed E-state index contributed by atoms with van der Waals surface area (Å²) in [7, 11) is 1.18. The first-order chi connectivity index (χ1) is 9.93. The van der Waals surface area contributed by atoms with Gasteiger partial charge in [0.15, 0.2) is 5.82 Å². The van der Waals surface area contributed by atoms with Gasteiger partial charge in [-0.1, -0.05) is 18.2 Å². The van der Waals surface area contributed by atoms with Gasteiger partial charge in [0.25, 0.3) is 5.91 Å². The minimum Gasteiger partial charge on any atom is -0.268 e. The minimum absolute atomic E-state index is 0.235. The number of hydrogen-bond donors (Lipinski definition) is 0. The zero-order chi connectivity index (χ0) is 15.5. The summed E-state index contributed by atoms with van der Waals surface area (Å²) < 4.78 is 38.1. The molecular formula is C14H11F3N2O2. The predicted octanol–water partition coefficient (Wildman–Crippen LogP) is 3.31. The molecule has 0 atom stereocenters. The van der Waals surface area contributed by atoms with Crippen molar-refractivity contribution in [3.63, 3.8) is 0 Å². The fourth-order valence-electron chi connectivity index (χ4n) is 1.68. The molecule has 0 aliphatic rings. The van der Waals surface area contributed by atoms with Crippen LogP contribution in [-0.4, -0.2) is 18.0 Å². The molecule has 0 saturated carbocycles. The molecule has 4 nitrogen and oxygen atoms in total. The maximum absolute atomic E-state index is 12.7. The number of benzene rings is 1. The molecule has 0 aliphatic heterocycles. The summed E-state index contributed by atoms with van der Waals surface area (Å²) in [5.41, 5.74) is -0.631. The summed E-state index contributed by atoms with van der Waals surface area (Å²) >= 11 is 0. The summed E-state index contributed by atoms with van der Waals surface area (Å²) in [6, 6.07) is 9.64. The normalized spacial score (nSPS) is 11.2. The number of anilines is 1.